The van der Waals surface area contributed by atoms with Crippen molar-refractivity contribution >= 4 is 18.0 Å². The van der Waals surface area contributed by atoms with Crippen LogP contribution in [0.2, 0.25) is 0 Å². The summed E-state index contributed by atoms with van der Waals surface area (Å²) in [5.41, 5.74) is 0.362. The van der Waals surface area contributed by atoms with E-state index in [9.17, 15) is 14.4 Å². The fraction of sp³-hybridized carbons (Fsp3) is 0.350. The number of nitrogens with zero attached hydrogens (tertiary/aromatic N) is 1. The van der Waals surface area contributed by atoms with Crippen LogP contribution in [-0.4, -0.2) is 49.5 Å². The van der Waals surface area contributed by atoms with Gasteiger partial charge in [-0.3, -0.25) is 0 Å². The molecule has 0 aliphatic rings. The van der Waals surface area contributed by atoms with E-state index in [1.54, 1.807) is 51.1 Å². The number of rotatable bonds is 7. The summed E-state index contributed by atoms with van der Waals surface area (Å²) >= 11 is 0. The maximum Gasteiger partial charge on any atom is 0.419 e. The summed E-state index contributed by atoms with van der Waals surface area (Å²) in [4.78, 5) is 38.1. The molecule has 150 valence electrons. The first-order valence-corrected chi connectivity index (χ1v) is 8.91. The lowest BCUT2D eigenvalue weighted by Gasteiger charge is -2.12. The van der Waals surface area contributed by atoms with Gasteiger partial charge in [-0.1, -0.05) is 30.3 Å². The molecule has 28 heavy (non-hydrogen) atoms. The quantitative estimate of drug-likeness (QED) is 0.528. The number of aromatic nitrogens is 1. The summed E-state index contributed by atoms with van der Waals surface area (Å²) in [5, 5.41) is 0. The van der Waals surface area contributed by atoms with Gasteiger partial charge in [0.15, 0.2) is 11.4 Å². The van der Waals surface area contributed by atoms with Gasteiger partial charge in [0.1, 0.15) is 5.56 Å². The van der Waals surface area contributed by atoms with Crippen LogP contribution in [0.25, 0.3) is 11.3 Å². The summed E-state index contributed by atoms with van der Waals surface area (Å²) in [5.74, 6) is -1.66. The van der Waals surface area contributed by atoms with Crippen LogP contribution in [0.1, 0.15) is 41.6 Å². The molecule has 0 N–H and O–H groups in total. The summed E-state index contributed by atoms with van der Waals surface area (Å²) in [6.07, 6.45) is -0.835. The average Bonchev–Trinajstić information content (AvgIpc) is 3.04. The summed E-state index contributed by atoms with van der Waals surface area (Å²) < 4.78 is 21.7. The second-order valence-electron chi connectivity index (χ2n) is 5.45. The topological polar surface area (TPSA) is 93.1 Å². The first kappa shape index (κ1) is 21.0. The molecule has 0 saturated carbocycles. The molecule has 2 rings (SSSR count). The Labute approximate surface area is 162 Å². The molecule has 0 bridgehead atoms. The minimum atomic E-state index is -0.835. The number of hydrogen-bond acceptors (Lipinski definition) is 7. The Bertz CT molecular complexity index is 855. The molecular weight excluding hydrogens is 366 g/mol. The third-order valence-electron chi connectivity index (χ3n) is 3.78. The first-order valence-electron chi connectivity index (χ1n) is 8.91. The number of esters is 2. The SMILES string of the molecule is CCOC(=O)c1c(OC)c(C(=O)OCC)n(C(=O)OCC)c1-c1ccccc1. The van der Waals surface area contributed by atoms with Crippen LogP contribution in [0, 0.1) is 0 Å². The Morgan fingerprint density at radius 3 is 1.96 bits per heavy atom. The van der Waals surface area contributed by atoms with E-state index in [4.69, 9.17) is 18.9 Å². The monoisotopic (exact) mass is 389 g/mol. The highest BCUT2D eigenvalue weighted by Crippen LogP contribution is 2.38. The Kier molecular flexibility index (Phi) is 7.20. The van der Waals surface area contributed by atoms with Gasteiger partial charge in [0.25, 0.3) is 0 Å². The van der Waals surface area contributed by atoms with Crippen molar-refractivity contribution in [2.45, 2.75) is 20.8 Å². The molecule has 2 aromatic rings. The third kappa shape index (κ3) is 4.00. The zero-order valence-corrected chi connectivity index (χ0v) is 16.3. The van der Waals surface area contributed by atoms with Gasteiger partial charge in [0.05, 0.1) is 32.6 Å². The van der Waals surface area contributed by atoms with Crippen LogP contribution in [0.5, 0.6) is 5.75 Å². The largest absolute Gasteiger partial charge is 0.493 e. The number of carbonyl (C=O) groups is 3. The molecule has 1 aromatic carbocycles. The Morgan fingerprint density at radius 2 is 1.43 bits per heavy atom. The van der Waals surface area contributed by atoms with E-state index in [1.165, 1.54) is 7.11 Å². The van der Waals surface area contributed by atoms with Crippen molar-refractivity contribution in [1.29, 1.82) is 0 Å². The van der Waals surface area contributed by atoms with Gasteiger partial charge in [-0.25, -0.2) is 19.0 Å². The lowest BCUT2D eigenvalue weighted by molar-refractivity contribution is 0.0507. The molecule has 0 fully saturated rings. The molecule has 0 aliphatic heterocycles. The zero-order valence-electron chi connectivity index (χ0n) is 16.3. The highest BCUT2D eigenvalue weighted by atomic mass is 16.6. The lowest BCUT2D eigenvalue weighted by atomic mass is 10.1. The van der Waals surface area contributed by atoms with E-state index in [0.29, 0.717) is 5.56 Å². The van der Waals surface area contributed by atoms with Crippen LogP contribution in [-0.2, 0) is 14.2 Å². The predicted octanol–water partition coefficient (Wildman–Crippen LogP) is 3.52. The number of benzene rings is 1. The van der Waals surface area contributed by atoms with Crippen molar-refractivity contribution in [3.63, 3.8) is 0 Å². The van der Waals surface area contributed by atoms with Crippen LogP contribution in [0.3, 0.4) is 0 Å². The number of hydrogen-bond donors (Lipinski definition) is 0. The number of methoxy groups -OCH3 is 1. The summed E-state index contributed by atoms with van der Waals surface area (Å²) in [7, 11) is 1.30. The van der Waals surface area contributed by atoms with Crippen LogP contribution < -0.4 is 4.74 Å². The Hall–Kier alpha value is -3.29. The van der Waals surface area contributed by atoms with E-state index in [-0.39, 0.29) is 42.5 Å². The average molecular weight is 389 g/mol. The molecule has 0 saturated heterocycles. The normalized spacial score (nSPS) is 10.3. The Morgan fingerprint density at radius 1 is 0.857 bits per heavy atom. The highest BCUT2D eigenvalue weighted by Gasteiger charge is 2.37. The smallest absolute Gasteiger partial charge is 0.419 e. The molecule has 8 heteroatoms. The Balaban J connectivity index is 2.93. The second kappa shape index (κ2) is 9.59. The zero-order chi connectivity index (χ0) is 20.7. The first-order chi connectivity index (χ1) is 13.5. The van der Waals surface area contributed by atoms with Crippen molar-refractivity contribution in [2.24, 2.45) is 0 Å². The lowest BCUT2D eigenvalue weighted by Crippen LogP contribution is -2.21. The van der Waals surface area contributed by atoms with Gasteiger partial charge in [-0.05, 0) is 26.3 Å². The maximum absolute atomic E-state index is 12.8. The third-order valence-corrected chi connectivity index (χ3v) is 3.78. The standard InChI is InChI=1S/C20H23NO7/c1-5-26-18(22)14-15(13-11-9-8-10-12-13)21(20(24)28-7-3)16(17(14)25-4)19(23)27-6-2/h8-12H,5-7H2,1-4H3. The van der Waals surface area contributed by atoms with E-state index >= 15 is 0 Å². The van der Waals surface area contributed by atoms with Gasteiger partial charge in [-0.2, -0.15) is 0 Å². The molecular formula is C20H23NO7. The summed E-state index contributed by atoms with van der Waals surface area (Å²) in [6, 6.07) is 8.66. The highest BCUT2D eigenvalue weighted by molar-refractivity contribution is 6.08. The van der Waals surface area contributed by atoms with Gasteiger partial charge in [0, 0.05) is 0 Å². The van der Waals surface area contributed by atoms with Gasteiger partial charge < -0.3 is 18.9 Å². The molecule has 1 aromatic heterocycles. The maximum atomic E-state index is 12.8. The van der Waals surface area contributed by atoms with E-state index < -0.39 is 18.0 Å². The van der Waals surface area contributed by atoms with Crippen molar-refractivity contribution in [1.82, 2.24) is 4.57 Å². The van der Waals surface area contributed by atoms with Crippen molar-refractivity contribution in [2.75, 3.05) is 26.9 Å². The molecule has 0 radical (unpaired) electrons. The predicted molar refractivity (Wildman–Crippen MR) is 101 cm³/mol. The van der Waals surface area contributed by atoms with Crippen LogP contribution in [0.15, 0.2) is 30.3 Å². The number of carbonyl (C=O) groups excluding carboxylic acids is 3. The minimum absolute atomic E-state index is 0.0494. The van der Waals surface area contributed by atoms with Crippen LogP contribution in [0.4, 0.5) is 4.79 Å². The van der Waals surface area contributed by atoms with Gasteiger partial charge in [0.2, 0.25) is 0 Å². The molecule has 1 heterocycles. The molecule has 0 aliphatic carbocycles. The molecule has 0 amide bonds. The van der Waals surface area contributed by atoms with Crippen LogP contribution >= 0.6 is 0 Å². The molecule has 0 spiro atoms. The fourth-order valence-electron chi connectivity index (χ4n) is 2.77. The van der Waals surface area contributed by atoms with E-state index in [1.807, 2.05) is 0 Å². The summed E-state index contributed by atoms with van der Waals surface area (Å²) in [6.45, 7) is 5.18. The second-order valence-corrected chi connectivity index (χ2v) is 5.45. The van der Waals surface area contributed by atoms with Crippen molar-refractivity contribution in [3.8, 4) is 17.0 Å². The van der Waals surface area contributed by atoms with E-state index in [2.05, 4.69) is 0 Å². The fourth-order valence-corrected chi connectivity index (χ4v) is 2.77. The van der Waals surface area contributed by atoms with Gasteiger partial charge >= 0.3 is 18.0 Å². The van der Waals surface area contributed by atoms with Crippen molar-refractivity contribution in [3.05, 3.63) is 41.6 Å². The number of ether oxygens (including phenoxy) is 4. The van der Waals surface area contributed by atoms with Crippen molar-refractivity contribution < 1.29 is 33.3 Å². The molecule has 8 nitrogen and oxygen atoms in total. The minimum Gasteiger partial charge on any atom is -0.493 e. The van der Waals surface area contributed by atoms with Gasteiger partial charge in [-0.15, -0.1) is 0 Å². The molecule has 0 unspecified atom stereocenters. The molecule has 0 atom stereocenters. The van der Waals surface area contributed by atoms with E-state index in [0.717, 1.165) is 4.57 Å².